The van der Waals surface area contributed by atoms with Crippen LogP contribution in [0.15, 0.2) is 72.8 Å². The molecule has 0 unspecified atom stereocenters. The summed E-state index contributed by atoms with van der Waals surface area (Å²) in [6.45, 7) is 3.24. The highest BCUT2D eigenvalue weighted by atomic mass is 19.1. The highest BCUT2D eigenvalue weighted by molar-refractivity contribution is 5.46. The lowest BCUT2D eigenvalue weighted by molar-refractivity contribution is 0.306. The number of aryl methyl sites for hydroxylation is 1. The molecule has 0 heterocycles. The van der Waals surface area contributed by atoms with Crippen molar-refractivity contribution >= 4 is 5.69 Å². The van der Waals surface area contributed by atoms with Crippen molar-refractivity contribution in [3.63, 3.8) is 0 Å². The van der Waals surface area contributed by atoms with Crippen LogP contribution in [0.1, 0.15) is 16.7 Å². The zero-order valence-electron chi connectivity index (χ0n) is 13.6. The third-order valence-corrected chi connectivity index (χ3v) is 3.73. The number of anilines is 1. The highest BCUT2D eigenvalue weighted by Gasteiger charge is 2.00. The molecule has 0 aliphatic rings. The summed E-state index contributed by atoms with van der Waals surface area (Å²) in [7, 11) is 0. The van der Waals surface area contributed by atoms with Gasteiger partial charge in [0.1, 0.15) is 18.2 Å². The fourth-order valence-corrected chi connectivity index (χ4v) is 2.45. The monoisotopic (exact) mass is 321 g/mol. The Bertz CT molecular complexity index is 799. The summed E-state index contributed by atoms with van der Waals surface area (Å²) in [6, 6.07) is 22.7. The van der Waals surface area contributed by atoms with E-state index in [9.17, 15) is 4.39 Å². The van der Waals surface area contributed by atoms with Gasteiger partial charge in [0.25, 0.3) is 0 Å². The lowest BCUT2D eigenvalue weighted by Gasteiger charge is -2.10. The molecule has 1 N–H and O–H groups in total. The van der Waals surface area contributed by atoms with E-state index in [0.29, 0.717) is 6.61 Å². The topological polar surface area (TPSA) is 21.3 Å². The van der Waals surface area contributed by atoms with Crippen LogP contribution in [-0.2, 0) is 13.2 Å². The molecular formula is C21H20FNO. The fraction of sp³-hybridized carbons (Fsp3) is 0.143. The molecule has 3 rings (SSSR count). The lowest BCUT2D eigenvalue weighted by atomic mass is 10.2. The fourth-order valence-electron chi connectivity index (χ4n) is 2.45. The molecule has 3 heteroatoms. The van der Waals surface area contributed by atoms with Crippen molar-refractivity contribution in [2.75, 3.05) is 5.32 Å². The summed E-state index contributed by atoms with van der Waals surface area (Å²) in [5.41, 5.74) is 4.43. The Morgan fingerprint density at radius 1 is 0.875 bits per heavy atom. The van der Waals surface area contributed by atoms with Gasteiger partial charge in [-0.25, -0.2) is 4.39 Å². The molecule has 0 atom stereocenters. The molecule has 0 amide bonds. The summed E-state index contributed by atoms with van der Waals surface area (Å²) in [4.78, 5) is 0. The first-order valence-electron chi connectivity index (χ1n) is 7.96. The molecule has 0 aromatic heterocycles. The first-order chi connectivity index (χ1) is 11.7. The molecule has 2 nitrogen and oxygen atoms in total. The minimum absolute atomic E-state index is 0.233. The minimum atomic E-state index is -0.233. The third kappa shape index (κ3) is 4.59. The maximum atomic E-state index is 12.9. The van der Waals surface area contributed by atoms with Gasteiger partial charge in [-0.2, -0.15) is 0 Å². The Kier molecular flexibility index (Phi) is 5.12. The van der Waals surface area contributed by atoms with E-state index in [2.05, 4.69) is 36.5 Å². The van der Waals surface area contributed by atoms with Crippen molar-refractivity contribution in [2.45, 2.75) is 20.1 Å². The Morgan fingerprint density at radius 2 is 1.67 bits per heavy atom. The molecule has 24 heavy (non-hydrogen) atoms. The first kappa shape index (κ1) is 16.1. The van der Waals surface area contributed by atoms with Gasteiger partial charge in [-0.1, -0.05) is 36.4 Å². The third-order valence-electron chi connectivity index (χ3n) is 3.73. The van der Waals surface area contributed by atoms with Gasteiger partial charge in [0.2, 0.25) is 0 Å². The van der Waals surface area contributed by atoms with Gasteiger partial charge in [0, 0.05) is 12.2 Å². The predicted molar refractivity (Wildman–Crippen MR) is 95.7 cm³/mol. The van der Waals surface area contributed by atoms with Crippen molar-refractivity contribution in [3.05, 3.63) is 95.3 Å². The molecule has 3 aromatic rings. The van der Waals surface area contributed by atoms with E-state index in [4.69, 9.17) is 4.74 Å². The molecule has 0 aliphatic heterocycles. The zero-order valence-corrected chi connectivity index (χ0v) is 13.6. The summed E-state index contributed by atoms with van der Waals surface area (Å²) < 4.78 is 18.7. The maximum Gasteiger partial charge on any atom is 0.123 e. The van der Waals surface area contributed by atoms with E-state index in [1.165, 1.54) is 17.7 Å². The summed E-state index contributed by atoms with van der Waals surface area (Å²) >= 11 is 0. The van der Waals surface area contributed by atoms with Crippen LogP contribution in [0, 0.1) is 12.7 Å². The molecule has 0 saturated heterocycles. The van der Waals surface area contributed by atoms with E-state index in [0.717, 1.165) is 29.1 Å². The van der Waals surface area contributed by atoms with Crippen molar-refractivity contribution in [2.24, 2.45) is 0 Å². The summed E-state index contributed by atoms with van der Waals surface area (Å²) in [5.74, 6) is 0.575. The standard InChI is InChI=1S/C21H20FNO/c1-16-4-2-6-20(12-16)23-14-18-5-3-7-21(13-18)24-15-17-8-10-19(22)11-9-17/h2-13,23H,14-15H2,1H3. The zero-order chi connectivity index (χ0) is 16.8. The van der Waals surface area contributed by atoms with Gasteiger partial charge in [0.15, 0.2) is 0 Å². The van der Waals surface area contributed by atoms with E-state index in [-0.39, 0.29) is 5.82 Å². The van der Waals surface area contributed by atoms with Crippen molar-refractivity contribution in [1.29, 1.82) is 0 Å². The molecule has 0 aliphatic carbocycles. The number of nitrogens with one attached hydrogen (secondary N) is 1. The molecule has 0 radical (unpaired) electrons. The van der Waals surface area contributed by atoms with Crippen LogP contribution >= 0.6 is 0 Å². The van der Waals surface area contributed by atoms with Crippen LogP contribution in [0.5, 0.6) is 5.75 Å². The van der Waals surface area contributed by atoms with Gasteiger partial charge >= 0.3 is 0 Å². The molecule has 0 fully saturated rings. The SMILES string of the molecule is Cc1cccc(NCc2cccc(OCc3ccc(F)cc3)c2)c1. The van der Waals surface area contributed by atoms with Crippen LogP contribution in [0.4, 0.5) is 10.1 Å². The number of halogens is 1. The van der Waals surface area contributed by atoms with Crippen LogP contribution in [0.3, 0.4) is 0 Å². The lowest BCUT2D eigenvalue weighted by Crippen LogP contribution is -2.00. The number of rotatable bonds is 6. The average Bonchev–Trinajstić information content (AvgIpc) is 2.60. The van der Waals surface area contributed by atoms with Crippen LogP contribution < -0.4 is 10.1 Å². The number of hydrogen-bond donors (Lipinski definition) is 1. The van der Waals surface area contributed by atoms with Gasteiger partial charge in [0.05, 0.1) is 0 Å². The van der Waals surface area contributed by atoms with E-state index in [1.54, 1.807) is 12.1 Å². The van der Waals surface area contributed by atoms with Gasteiger partial charge < -0.3 is 10.1 Å². The van der Waals surface area contributed by atoms with E-state index in [1.807, 2.05) is 24.3 Å². The Labute approximate surface area is 141 Å². The first-order valence-corrected chi connectivity index (χ1v) is 7.96. The normalized spacial score (nSPS) is 10.4. The second-order valence-electron chi connectivity index (χ2n) is 5.79. The quantitative estimate of drug-likeness (QED) is 0.663. The van der Waals surface area contributed by atoms with Gasteiger partial charge in [-0.05, 0) is 60.0 Å². The van der Waals surface area contributed by atoms with E-state index < -0.39 is 0 Å². The molecule has 0 saturated carbocycles. The number of ether oxygens (including phenoxy) is 1. The minimum Gasteiger partial charge on any atom is -0.489 e. The second kappa shape index (κ2) is 7.64. The average molecular weight is 321 g/mol. The predicted octanol–water partition coefficient (Wildman–Crippen LogP) is 5.33. The van der Waals surface area contributed by atoms with Crippen molar-refractivity contribution in [3.8, 4) is 5.75 Å². The number of hydrogen-bond acceptors (Lipinski definition) is 2. The van der Waals surface area contributed by atoms with Crippen LogP contribution in [-0.4, -0.2) is 0 Å². The van der Waals surface area contributed by atoms with Crippen LogP contribution in [0.2, 0.25) is 0 Å². The smallest absolute Gasteiger partial charge is 0.123 e. The second-order valence-corrected chi connectivity index (χ2v) is 5.79. The van der Waals surface area contributed by atoms with Crippen LogP contribution in [0.25, 0.3) is 0 Å². The maximum absolute atomic E-state index is 12.9. The Morgan fingerprint density at radius 3 is 2.46 bits per heavy atom. The summed E-state index contributed by atoms with van der Waals surface area (Å²) in [6.07, 6.45) is 0. The largest absolute Gasteiger partial charge is 0.489 e. The Hall–Kier alpha value is -2.81. The molecule has 122 valence electrons. The molecular weight excluding hydrogens is 301 g/mol. The molecule has 3 aromatic carbocycles. The molecule has 0 spiro atoms. The summed E-state index contributed by atoms with van der Waals surface area (Å²) in [5, 5.41) is 3.41. The van der Waals surface area contributed by atoms with Gasteiger partial charge in [-0.3, -0.25) is 0 Å². The van der Waals surface area contributed by atoms with Gasteiger partial charge in [-0.15, -0.1) is 0 Å². The van der Waals surface area contributed by atoms with E-state index >= 15 is 0 Å². The molecule has 0 bridgehead atoms. The van der Waals surface area contributed by atoms with Crippen molar-refractivity contribution < 1.29 is 9.13 Å². The number of benzene rings is 3. The van der Waals surface area contributed by atoms with Crippen molar-refractivity contribution in [1.82, 2.24) is 0 Å². The highest BCUT2D eigenvalue weighted by Crippen LogP contribution is 2.17. The Balaban J connectivity index is 1.58.